The number of nitrogens with one attached hydrogen (secondary N) is 2. The van der Waals surface area contributed by atoms with E-state index in [2.05, 4.69) is 15.3 Å². The van der Waals surface area contributed by atoms with Crippen molar-refractivity contribution in [1.29, 1.82) is 0 Å². The summed E-state index contributed by atoms with van der Waals surface area (Å²) in [5.41, 5.74) is 4.44. The topological polar surface area (TPSA) is 115 Å². The highest BCUT2D eigenvalue weighted by atomic mass is 19.1. The number of amides is 2. The highest BCUT2D eigenvalue weighted by molar-refractivity contribution is 6.04. The van der Waals surface area contributed by atoms with Crippen LogP contribution >= 0.6 is 0 Å². The van der Waals surface area contributed by atoms with E-state index < -0.39 is 18.0 Å². The van der Waals surface area contributed by atoms with Crippen LogP contribution in [-0.4, -0.2) is 56.9 Å². The van der Waals surface area contributed by atoms with Crippen molar-refractivity contribution in [2.45, 2.75) is 32.0 Å². The number of rotatable bonds is 7. The SMILES string of the molecule is O=C1CN(C(=O)CCO)Cc2[nH]c(-c3ccnc(NC(=O)[C@@H]4C[C@@H]4F)c3)c(Cc3ccccc3)c21. The zero-order valence-corrected chi connectivity index (χ0v) is 19.0. The van der Waals surface area contributed by atoms with Crippen LogP contribution in [0.1, 0.15) is 40.0 Å². The summed E-state index contributed by atoms with van der Waals surface area (Å²) in [4.78, 5) is 46.7. The largest absolute Gasteiger partial charge is 0.396 e. The summed E-state index contributed by atoms with van der Waals surface area (Å²) in [6, 6.07) is 13.2. The summed E-state index contributed by atoms with van der Waals surface area (Å²) in [7, 11) is 0. The van der Waals surface area contributed by atoms with Gasteiger partial charge in [-0.25, -0.2) is 9.37 Å². The van der Waals surface area contributed by atoms with Crippen LogP contribution in [0.2, 0.25) is 0 Å². The average molecular weight is 477 g/mol. The third kappa shape index (κ3) is 4.72. The number of pyridine rings is 1. The van der Waals surface area contributed by atoms with E-state index in [0.29, 0.717) is 34.8 Å². The standard InChI is InChI=1S/C26H25FN4O4/c27-19-12-17(19)26(35)30-22-11-16(6-8-28-22)25-18(10-15-4-2-1-3-5-15)24-20(29-25)13-31(14-21(24)33)23(34)7-9-32/h1-6,8,11,17,19,29,32H,7,9-10,12-14H2,(H,28,30,35)/t17-,19+/m1/s1. The zero-order valence-electron chi connectivity index (χ0n) is 19.0. The second kappa shape index (κ2) is 9.42. The van der Waals surface area contributed by atoms with Crippen LogP contribution in [0, 0.1) is 5.92 Å². The Morgan fingerprint density at radius 2 is 1.97 bits per heavy atom. The monoisotopic (exact) mass is 476 g/mol. The minimum atomic E-state index is -1.10. The van der Waals surface area contributed by atoms with Gasteiger partial charge < -0.3 is 20.3 Å². The number of hydrogen-bond donors (Lipinski definition) is 3. The number of nitrogens with zero attached hydrogens (tertiary/aromatic N) is 2. The second-order valence-corrected chi connectivity index (χ2v) is 8.92. The molecule has 0 bridgehead atoms. The summed E-state index contributed by atoms with van der Waals surface area (Å²) in [6.07, 6.45) is 1.13. The molecule has 1 fully saturated rings. The highest BCUT2D eigenvalue weighted by Gasteiger charge is 2.43. The molecule has 8 nitrogen and oxygen atoms in total. The number of aliphatic hydroxyl groups excluding tert-OH is 1. The molecule has 3 aromatic rings. The highest BCUT2D eigenvalue weighted by Crippen LogP contribution is 2.36. The van der Waals surface area contributed by atoms with E-state index in [1.54, 1.807) is 18.3 Å². The normalized spacial score (nSPS) is 18.8. The predicted molar refractivity (Wildman–Crippen MR) is 126 cm³/mol. The van der Waals surface area contributed by atoms with Crippen molar-refractivity contribution in [2.24, 2.45) is 5.92 Å². The molecule has 0 spiro atoms. The Morgan fingerprint density at radius 3 is 2.69 bits per heavy atom. The van der Waals surface area contributed by atoms with E-state index in [1.165, 1.54) is 4.90 Å². The Balaban J connectivity index is 1.52. The summed E-state index contributed by atoms with van der Waals surface area (Å²) >= 11 is 0. The number of carbonyl (C=O) groups is 3. The molecule has 2 aromatic heterocycles. The first kappa shape index (κ1) is 22.9. The Bertz CT molecular complexity index is 1290. The fraction of sp³-hybridized carbons (Fsp3) is 0.308. The molecule has 2 atom stereocenters. The van der Waals surface area contributed by atoms with E-state index >= 15 is 0 Å². The molecule has 0 radical (unpaired) electrons. The first-order chi connectivity index (χ1) is 16.9. The van der Waals surface area contributed by atoms with Crippen LogP contribution in [0.25, 0.3) is 11.3 Å². The number of aromatic amines is 1. The summed E-state index contributed by atoms with van der Waals surface area (Å²) < 4.78 is 13.3. The van der Waals surface area contributed by atoms with Gasteiger partial charge in [-0.3, -0.25) is 14.4 Å². The van der Waals surface area contributed by atoms with E-state index in [-0.39, 0.29) is 44.2 Å². The molecule has 0 saturated heterocycles. The Labute approximate surface area is 201 Å². The van der Waals surface area contributed by atoms with E-state index in [1.807, 2.05) is 30.3 Å². The molecule has 180 valence electrons. The number of carbonyl (C=O) groups excluding carboxylic acids is 3. The lowest BCUT2D eigenvalue weighted by Crippen LogP contribution is -2.39. The molecule has 2 aliphatic rings. The van der Waals surface area contributed by atoms with Gasteiger partial charge >= 0.3 is 0 Å². The smallest absolute Gasteiger partial charge is 0.231 e. The maximum atomic E-state index is 13.3. The minimum absolute atomic E-state index is 0.0405. The lowest BCUT2D eigenvalue weighted by Gasteiger charge is -2.26. The van der Waals surface area contributed by atoms with E-state index in [4.69, 9.17) is 5.11 Å². The van der Waals surface area contributed by atoms with Crippen LogP contribution in [0.5, 0.6) is 0 Å². The summed E-state index contributed by atoms with van der Waals surface area (Å²) in [5.74, 6) is -1.18. The van der Waals surface area contributed by atoms with E-state index in [9.17, 15) is 18.8 Å². The lowest BCUT2D eigenvalue weighted by molar-refractivity contribution is -0.132. The number of H-pyrrole nitrogens is 1. The number of aromatic nitrogens is 2. The molecule has 35 heavy (non-hydrogen) atoms. The van der Waals surface area contributed by atoms with Crippen LogP contribution in [-0.2, 0) is 22.6 Å². The molecule has 0 unspecified atom stereocenters. The Hall–Kier alpha value is -3.85. The number of aliphatic hydroxyl groups is 1. The number of benzene rings is 1. The quantitative estimate of drug-likeness (QED) is 0.485. The molecular formula is C26H25FN4O4. The predicted octanol–water partition coefficient (Wildman–Crippen LogP) is 2.87. The van der Waals surface area contributed by atoms with Gasteiger partial charge in [0.05, 0.1) is 31.3 Å². The first-order valence-corrected chi connectivity index (χ1v) is 11.6. The van der Waals surface area contributed by atoms with Gasteiger partial charge in [-0.2, -0.15) is 0 Å². The molecule has 1 aliphatic heterocycles. The first-order valence-electron chi connectivity index (χ1n) is 11.6. The average Bonchev–Trinajstić information content (AvgIpc) is 3.48. The van der Waals surface area contributed by atoms with Gasteiger partial charge in [0.1, 0.15) is 12.0 Å². The number of fused-ring (bicyclic) bond motifs is 1. The van der Waals surface area contributed by atoms with Crippen LogP contribution < -0.4 is 5.32 Å². The van der Waals surface area contributed by atoms with Gasteiger partial charge in [-0.15, -0.1) is 0 Å². The van der Waals surface area contributed by atoms with Gasteiger partial charge in [-0.05, 0) is 29.7 Å². The maximum Gasteiger partial charge on any atom is 0.231 e. The van der Waals surface area contributed by atoms with Crippen LogP contribution in [0.15, 0.2) is 48.7 Å². The summed E-state index contributed by atoms with van der Waals surface area (Å²) in [5, 5.41) is 11.8. The van der Waals surface area contributed by atoms with Gasteiger partial charge in [0, 0.05) is 35.9 Å². The number of anilines is 1. The fourth-order valence-electron chi connectivity index (χ4n) is 4.51. The van der Waals surface area contributed by atoms with Gasteiger partial charge in [0.15, 0.2) is 5.78 Å². The van der Waals surface area contributed by atoms with Crippen molar-refractivity contribution in [3.05, 3.63) is 71.0 Å². The third-order valence-electron chi connectivity index (χ3n) is 6.39. The molecule has 3 N–H and O–H groups in total. The molecule has 1 saturated carbocycles. The Morgan fingerprint density at radius 1 is 1.20 bits per heavy atom. The number of hydrogen-bond acceptors (Lipinski definition) is 5. The molecule has 2 amide bonds. The zero-order chi connectivity index (χ0) is 24.5. The van der Waals surface area contributed by atoms with E-state index in [0.717, 1.165) is 11.1 Å². The van der Waals surface area contributed by atoms with Crippen molar-refractivity contribution < 1.29 is 23.9 Å². The van der Waals surface area contributed by atoms with Crippen LogP contribution in [0.4, 0.5) is 10.2 Å². The Kier molecular flexibility index (Phi) is 6.17. The molecule has 5 rings (SSSR count). The summed E-state index contributed by atoms with van der Waals surface area (Å²) in [6.45, 7) is -0.0918. The lowest BCUT2D eigenvalue weighted by atomic mass is 9.93. The molecule has 3 heterocycles. The number of ketones is 1. The number of Topliss-reactive ketones (excluding diaryl/α,β-unsaturated/α-hetero) is 1. The molecule has 1 aromatic carbocycles. The van der Waals surface area contributed by atoms with Gasteiger partial charge in [-0.1, -0.05) is 30.3 Å². The van der Waals surface area contributed by atoms with Crippen molar-refractivity contribution in [2.75, 3.05) is 18.5 Å². The van der Waals surface area contributed by atoms with Gasteiger partial charge in [0.2, 0.25) is 11.8 Å². The van der Waals surface area contributed by atoms with Crippen molar-refractivity contribution in [3.8, 4) is 11.3 Å². The van der Waals surface area contributed by atoms with Gasteiger partial charge in [0.25, 0.3) is 0 Å². The molecule has 1 aliphatic carbocycles. The molecular weight excluding hydrogens is 451 g/mol. The second-order valence-electron chi connectivity index (χ2n) is 8.92. The fourth-order valence-corrected chi connectivity index (χ4v) is 4.51. The van der Waals surface area contributed by atoms with Crippen molar-refractivity contribution in [1.82, 2.24) is 14.9 Å². The third-order valence-corrected chi connectivity index (χ3v) is 6.39. The van der Waals surface area contributed by atoms with Crippen molar-refractivity contribution in [3.63, 3.8) is 0 Å². The minimum Gasteiger partial charge on any atom is -0.396 e. The van der Waals surface area contributed by atoms with Crippen molar-refractivity contribution >= 4 is 23.4 Å². The number of alkyl halides is 1. The maximum absolute atomic E-state index is 13.3. The molecule has 9 heteroatoms. The van der Waals surface area contributed by atoms with Crippen LogP contribution in [0.3, 0.4) is 0 Å². The number of halogens is 1.